The lowest BCUT2D eigenvalue weighted by molar-refractivity contribution is 0.0926. The van der Waals surface area contributed by atoms with Crippen LogP contribution >= 0.6 is 28.1 Å². The van der Waals surface area contributed by atoms with Gasteiger partial charge in [-0.1, -0.05) is 38.7 Å². The van der Waals surface area contributed by atoms with Gasteiger partial charge in [-0.25, -0.2) is 0 Å². The van der Waals surface area contributed by atoms with E-state index in [2.05, 4.69) is 38.8 Å². The molecule has 2 aromatic rings. The lowest BCUT2D eigenvalue weighted by atomic mass is 9.95. The van der Waals surface area contributed by atoms with Crippen LogP contribution in [-0.2, 0) is 0 Å². The predicted octanol–water partition coefficient (Wildman–Crippen LogP) is 5.82. The Hall–Kier alpha value is -2.45. The zero-order valence-corrected chi connectivity index (χ0v) is 21.2. The molecule has 176 valence electrons. The number of unbranched alkanes of at least 4 members (excludes halogenated alkanes) is 1. The fourth-order valence-electron chi connectivity index (χ4n) is 3.68. The van der Waals surface area contributed by atoms with Crippen LogP contribution in [0.4, 0.5) is 5.69 Å². The third-order valence-electron chi connectivity index (χ3n) is 5.50. The van der Waals surface area contributed by atoms with Gasteiger partial charge in [0.15, 0.2) is 5.11 Å². The third-order valence-corrected chi connectivity index (χ3v) is 6.32. The number of benzene rings is 2. The molecule has 0 heterocycles. The Kier molecular flexibility index (Phi) is 9.69. The number of carbonyl (C=O) groups excluding carboxylic acids is 2. The molecule has 1 aliphatic carbocycles. The number of amides is 2. The molecule has 0 bridgehead atoms. The lowest BCUT2D eigenvalue weighted by Crippen LogP contribution is -2.36. The highest BCUT2D eigenvalue weighted by atomic mass is 79.9. The zero-order chi connectivity index (χ0) is 23.6. The summed E-state index contributed by atoms with van der Waals surface area (Å²) in [4.78, 5) is 25.2. The molecule has 0 spiro atoms. The minimum atomic E-state index is -0.334. The van der Waals surface area contributed by atoms with E-state index in [0.29, 0.717) is 33.6 Å². The Morgan fingerprint density at radius 1 is 1.06 bits per heavy atom. The Balaban J connectivity index is 1.54. The van der Waals surface area contributed by atoms with Crippen LogP contribution in [-0.4, -0.2) is 29.6 Å². The van der Waals surface area contributed by atoms with Crippen LogP contribution in [0, 0.1) is 0 Å². The summed E-state index contributed by atoms with van der Waals surface area (Å²) in [5.41, 5.74) is 1.65. The van der Waals surface area contributed by atoms with Crippen molar-refractivity contribution in [1.29, 1.82) is 0 Å². The molecule has 0 radical (unpaired) electrons. The van der Waals surface area contributed by atoms with Gasteiger partial charge in [-0.05, 0) is 83.8 Å². The number of ether oxygens (including phenoxy) is 1. The molecular weight excluding hydrogens is 502 g/mol. The van der Waals surface area contributed by atoms with E-state index in [1.54, 1.807) is 42.5 Å². The summed E-state index contributed by atoms with van der Waals surface area (Å²) in [5.74, 6) is 0.273. The van der Waals surface area contributed by atoms with Crippen molar-refractivity contribution in [1.82, 2.24) is 10.6 Å². The van der Waals surface area contributed by atoms with E-state index in [9.17, 15) is 9.59 Å². The molecule has 3 rings (SSSR count). The van der Waals surface area contributed by atoms with Crippen molar-refractivity contribution in [2.45, 2.75) is 57.9 Å². The van der Waals surface area contributed by atoms with Crippen molar-refractivity contribution in [3.63, 3.8) is 0 Å². The van der Waals surface area contributed by atoms with Crippen LogP contribution in [0.3, 0.4) is 0 Å². The molecule has 6 nitrogen and oxygen atoms in total. The molecule has 2 aromatic carbocycles. The first-order valence-corrected chi connectivity index (χ1v) is 12.6. The topological polar surface area (TPSA) is 79.5 Å². The van der Waals surface area contributed by atoms with Gasteiger partial charge in [-0.15, -0.1) is 0 Å². The van der Waals surface area contributed by atoms with E-state index >= 15 is 0 Å². The molecule has 1 saturated carbocycles. The highest BCUT2D eigenvalue weighted by Crippen LogP contribution is 2.26. The van der Waals surface area contributed by atoms with Crippen molar-refractivity contribution < 1.29 is 14.3 Å². The molecule has 1 aliphatic rings. The quantitative estimate of drug-likeness (QED) is 0.295. The molecule has 0 unspecified atom stereocenters. The number of nitrogens with one attached hydrogen (secondary N) is 3. The number of rotatable bonds is 8. The van der Waals surface area contributed by atoms with E-state index in [-0.39, 0.29) is 23.0 Å². The fourth-order valence-corrected chi connectivity index (χ4v) is 4.38. The molecule has 0 saturated heterocycles. The van der Waals surface area contributed by atoms with Crippen LogP contribution < -0.4 is 20.7 Å². The van der Waals surface area contributed by atoms with E-state index < -0.39 is 0 Å². The van der Waals surface area contributed by atoms with E-state index in [0.717, 1.165) is 38.5 Å². The SMILES string of the molecule is CCCCOc1ccc(C(=O)NC(=S)Nc2cccc(C(=O)NC3CCCCC3)c2)cc1Br. The monoisotopic (exact) mass is 531 g/mol. The van der Waals surface area contributed by atoms with Crippen LogP contribution in [0.5, 0.6) is 5.75 Å². The van der Waals surface area contributed by atoms with Gasteiger partial charge in [0, 0.05) is 22.9 Å². The second-order valence-corrected chi connectivity index (χ2v) is 9.41. The summed E-state index contributed by atoms with van der Waals surface area (Å²) in [5, 5.41) is 8.93. The van der Waals surface area contributed by atoms with Gasteiger partial charge in [0.25, 0.3) is 11.8 Å². The third kappa shape index (κ3) is 7.82. The smallest absolute Gasteiger partial charge is 0.257 e. The van der Waals surface area contributed by atoms with Gasteiger partial charge >= 0.3 is 0 Å². The summed E-state index contributed by atoms with van der Waals surface area (Å²) >= 11 is 8.75. The van der Waals surface area contributed by atoms with Gasteiger partial charge in [0.05, 0.1) is 11.1 Å². The van der Waals surface area contributed by atoms with Crippen LogP contribution in [0.15, 0.2) is 46.9 Å². The number of hydrogen-bond donors (Lipinski definition) is 3. The molecule has 0 atom stereocenters. The van der Waals surface area contributed by atoms with Gasteiger partial charge in [0.2, 0.25) is 0 Å². The number of thiocarbonyl (C=S) groups is 1. The number of hydrogen-bond acceptors (Lipinski definition) is 4. The molecule has 2 amide bonds. The minimum Gasteiger partial charge on any atom is -0.492 e. The standard InChI is InChI=1S/C25H30BrN3O3S/c1-2-3-14-32-22-13-12-18(16-21(22)26)24(31)29-25(33)28-20-11-7-8-17(15-20)23(30)27-19-9-5-4-6-10-19/h7-8,11-13,15-16,19H,2-6,9-10,14H2,1H3,(H,27,30)(H2,28,29,31,33). The predicted molar refractivity (Wildman–Crippen MR) is 139 cm³/mol. The molecule has 1 fully saturated rings. The van der Waals surface area contributed by atoms with Crippen molar-refractivity contribution in [2.75, 3.05) is 11.9 Å². The Morgan fingerprint density at radius 2 is 1.82 bits per heavy atom. The van der Waals surface area contributed by atoms with Crippen molar-refractivity contribution in [3.05, 3.63) is 58.1 Å². The molecular formula is C25H30BrN3O3S. The summed E-state index contributed by atoms with van der Waals surface area (Å²) in [6.07, 6.45) is 7.64. The molecule has 8 heteroatoms. The normalized spacial score (nSPS) is 13.8. The maximum atomic E-state index is 12.6. The minimum absolute atomic E-state index is 0.0911. The average molecular weight is 533 g/mol. The van der Waals surface area contributed by atoms with E-state index in [1.807, 2.05) is 0 Å². The fraction of sp³-hybridized carbons (Fsp3) is 0.400. The maximum absolute atomic E-state index is 12.6. The first-order valence-electron chi connectivity index (χ1n) is 11.4. The Morgan fingerprint density at radius 3 is 2.55 bits per heavy atom. The maximum Gasteiger partial charge on any atom is 0.257 e. The van der Waals surface area contributed by atoms with Crippen molar-refractivity contribution in [3.8, 4) is 5.75 Å². The van der Waals surface area contributed by atoms with Gasteiger partial charge in [0.1, 0.15) is 5.75 Å². The summed E-state index contributed by atoms with van der Waals surface area (Å²) < 4.78 is 6.41. The van der Waals surface area contributed by atoms with Gasteiger partial charge < -0.3 is 15.4 Å². The van der Waals surface area contributed by atoms with E-state index in [1.165, 1.54) is 6.42 Å². The van der Waals surface area contributed by atoms with Crippen LogP contribution in [0.25, 0.3) is 0 Å². The zero-order valence-electron chi connectivity index (χ0n) is 18.8. The first kappa shape index (κ1) is 25.2. The van der Waals surface area contributed by atoms with Crippen molar-refractivity contribution in [2.24, 2.45) is 0 Å². The van der Waals surface area contributed by atoms with Crippen LogP contribution in [0.1, 0.15) is 72.6 Å². The van der Waals surface area contributed by atoms with Crippen molar-refractivity contribution >= 4 is 50.8 Å². The highest BCUT2D eigenvalue weighted by Gasteiger charge is 2.17. The number of anilines is 1. The molecule has 0 aromatic heterocycles. The summed E-state index contributed by atoms with van der Waals surface area (Å²) in [6.45, 7) is 2.73. The van der Waals surface area contributed by atoms with E-state index in [4.69, 9.17) is 17.0 Å². The highest BCUT2D eigenvalue weighted by molar-refractivity contribution is 9.10. The largest absolute Gasteiger partial charge is 0.492 e. The van der Waals surface area contributed by atoms with Gasteiger partial charge in [-0.2, -0.15) is 0 Å². The second kappa shape index (κ2) is 12.7. The molecule has 0 aliphatic heterocycles. The first-order chi connectivity index (χ1) is 16.0. The summed E-state index contributed by atoms with van der Waals surface area (Å²) in [7, 11) is 0. The average Bonchev–Trinajstić information content (AvgIpc) is 2.81. The van der Waals surface area contributed by atoms with Gasteiger partial charge in [-0.3, -0.25) is 14.9 Å². The Labute approximate surface area is 209 Å². The second-order valence-electron chi connectivity index (χ2n) is 8.14. The lowest BCUT2D eigenvalue weighted by Gasteiger charge is -2.22. The molecule has 3 N–H and O–H groups in total. The molecule has 33 heavy (non-hydrogen) atoms. The number of halogens is 1. The Bertz CT molecular complexity index is 993. The summed E-state index contributed by atoms with van der Waals surface area (Å²) in [6, 6.07) is 12.5. The number of carbonyl (C=O) groups is 2. The van der Waals surface area contributed by atoms with Crippen LogP contribution in [0.2, 0.25) is 0 Å².